The van der Waals surface area contributed by atoms with Gasteiger partial charge in [-0.15, -0.1) is 0 Å². The number of aromatic nitrogens is 1. The highest BCUT2D eigenvalue weighted by Crippen LogP contribution is 2.00. The van der Waals surface area contributed by atoms with E-state index in [0.29, 0.717) is 6.61 Å². The van der Waals surface area contributed by atoms with E-state index in [2.05, 4.69) is 11.5 Å². The number of aryl methyl sites for hydroxylation is 1. The number of hydrogen-bond donors (Lipinski definition) is 0. The number of amides is 1. The predicted octanol–water partition coefficient (Wildman–Crippen LogP) is 2.36. The lowest BCUT2D eigenvalue weighted by Gasteiger charge is -2.10. The number of rotatable bonds is 6. The summed E-state index contributed by atoms with van der Waals surface area (Å²) in [5.41, 5.74) is 1.01. The molecule has 1 rings (SSSR count). The van der Waals surface area contributed by atoms with Crippen LogP contribution in [0.5, 0.6) is 0 Å². The Bertz CT molecular complexity index is 361. The summed E-state index contributed by atoms with van der Waals surface area (Å²) in [6.07, 6.45) is 7.46. The Morgan fingerprint density at radius 1 is 1.28 bits per heavy atom. The number of ether oxygens (including phenoxy) is 1. The fourth-order valence-corrected chi connectivity index (χ4v) is 1.55. The molecule has 0 aliphatic rings. The molecule has 18 heavy (non-hydrogen) atoms. The van der Waals surface area contributed by atoms with Crippen molar-refractivity contribution in [2.75, 3.05) is 14.1 Å². The molecule has 0 saturated heterocycles. The van der Waals surface area contributed by atoms with Crippen molar-refractivity contribution in [3.8, 4) is 0 Å². The Hall–Kier alpha value is -1.58. The van der Waals surface area contributed by atoms with Crippen molar-refractivity contribution >= 4 is 6.09 Å². The van der Waals surface area contributed by atoms with Crippen LogP contribution in [0.2, 0.25) is 0 Å². The van der Waals surface area contributed by atoms with Gasteiger partial charge in [-0.05, 0) is 6.42 Å². The maximum Gasteiger partial charge on any atom is 0.409 e. The van der Waals surface area contributed by atoms with Gasteiger partial charge in [0.25, 0.3) is 0 Å². The first-order chi connectivity index (χ1) is 8.63. The lowest BCUT2D eigenvalue weighted by atomic mass is 10.2. The average Bonchev–Trinajstić information content (AvgIpc) is 2.37. The smallest absolute Gasteiger partial charge is 0.409 e. The van der Waals surface area contributed by atoms with Gasteiger partial charge >= 0.3 is 6.09 Å². The minimum Gasteiger partial charge on any atom is -0.445 e. The zero-order chi connectivity index (χ0) is 13.4. The molecule has 0 fully saturated rings. The standard InChI is InChI=1S/C14H23N2O2/c1-4-5-6-9-16-10-7-13(8-11-16)12-18-14(17)15(2)3/h7-8,10-11H,4-6,9,12H2,1-3H3/q+1. The van der Waals surface area contributed by atoms with Gasteiger partial charge < -0.3 is 9.64 Å². The van der Waals surface area contributed by atoms with Crippen LogP contribution in [-0.4, -0.2) is 25.1 Å². The quantitative estimate of drug-likeness (QED) is 0.574. The van der Waals surface area contributed by atoms with Gasteiger partial charge in [0.1, 0.15) is 13.2 Å². The van der Waals surface area contributed by atoms with Gasteiger partial charge in [-0.25, -0.2) is 9.36 Å². The molecule has 0 bridgehead atoms. The van der Waals surface area contributed by atoms with Crippen molar-refractivity contribution in [2.24, 2.45) is 0 Å². The molecule has 100 valence electrons. The summed E-state index contributed by atoms with van der Waals surface area (Å²) >= 11 is 0. The second kappa shape index (κ2) is 7.69. The molecule has 1 amide bonds. The van der Waals surface area contributed by atoms with Gasteiger partial charge in [-0.2, -0.15) is 0 Å². The Balaban J connectivity index is 2.38. The van der Waals surface area contributed by atoms with E-state index >= 15 is 0 Å². The molecule has 4 nitrogen and oxygen atoms in total. The van der Waals surface area contributed by atoms with Gasteiger partial charge in [0.15, 0.2) is 12.4 Å². The number of carbonyl (C=O) groups is 1. The van der Waals surface area contributed by atoms with E-state index in [9.17, 15) is 4.79 Å². The van der Waals surface area contributed by atoms with E-state index in [1.165, 1.54) is 24.2 Å². The summed E-state index contributed by atoms with van der Waals surface area (Å²) in [5, 5.41) is 0. The molecule has 0 saturated carbocycles. The first-order valence-electron chi connectivity index (χ1n) is 6.45. The molecule has 0 aliphatic heterocycles. The van der Waals surface area contributed by atoms with Crippen molar-refractivity contribution in [1.82, 2.24) is 4.90 Å². The Morgan fingerprint density at radius 2 is 1.94 bits per heavy atom. The molecular formula is C14H23N2O2+. The van der Waals surface area contributed by atoms with E-state index < -0.39 is 0 Å². The molecule has 0 N–H and O–H groups in total. The van der Waals surface area contributed by atoms with Crippen LogP contribution in [0.15, 0.2) is 24.5 Å². The second-order valence-electron chi connectivity index (χ2n) is 4.60. The summed E-state index contributed by atoms with van der Waals surface area (Å²) in [6, 6.07) is 3.99. The Labute approximate surface area is 109 Å². The van der Waals surface area contributed by atoms with E-state index in [-0.39, 0.29) is 6.09 Å². The van der Waals surface area contributed by atoms with Crippen molar-refractivity contribution in [1.29, 1.82) is 0 Å². The maximum absolute atomic E-state index is 11.3. The number of carbonyl (C=O) groups excluding carboxylic acids is 1. The van der Waals surface area contributed by atoms with Crippen LogP contribution in [0.25, 0.3) is 0 Å². The summed E-state index contributed by atoms with van der Waals surface area (Å²) in [6.45, 7) is 3.57. The van der Waals surface area contributed by atoms with E-state index in [4.69, 9.17) is 4.74 Å². The summed E-state index contributed by atoms with van der Waals surface area (Å²) < 4.78 is 7.27. The Kier molecular flexibility index (Phi) is 6.19. The SMILES string of the molecule is CCCCC[n+]1ccc(COC(=O)N(C)C)cc1. The zero-order valence-electron chi connectivity index (χ0n) is 11.6. The Morgan fingerprint density at radius 3 is 2.50 bits per heavy atom. The minimum absolute atomic E-state index is 0.310. The maximum atomic E-state index is 11.3. The molecule has 1 heterocycles. The van der Waals surface area contributed by atoms with Crippen LogP contribution in [0.3, 0.4) is 0 Å². The first kappa shape index (κ1) is 14.5. The third-order valence-corrected chi connectivity index (χ3v) is 2.71. The lowest BCUT2D eigenvalue weighted by molar-refractivity contribution is -0.697. The van der Waals surface area contributed by atoms with Crippen LogP contribution in [0, 0.1) is 0 Å². The highest BCUT2D eigenvalue weighted by atomic mass is 16.6. The number of pyridine rings is 1. The monoisotopic (exact) mass is 251 g/mol. The van der Waals surface area contributed by atoms with Crippen LogP contribution in [0.4, 0.5) is 4.79 Å². The van der Waals surface area contributed by atoms with Crippen LogP contribution >= 0.6 is 0 Å². The van der Waals surface area contributed by atoms with Gasteiger partial charge in [-0.1, -0.05) is 13.3 Å². The van der Waals surface area contributed by atoms with Crippen molar-refractivity contribution < 1.29 is 14.1 Å². The van der Waals surface area contributed by atoms with Crippen molar-refractivity contribution in [2.45, 2.75) is 39.3 Å². The van der Waals surface area contributed by atoms with Gasteiger partial charge in [0, 0.05) is 38.2 Å². The molecule has 1 aromatic heterocycles. The normalized spacial score (nSPS) is 10.2. The molecule has 1 aromatic rings. The fraction of sp³-hybridized carbons (Fsp3) is 0.571. The first-order valence-corrected chi connectivity index (χ1v) is 6.45. The van der Waals surface area contributed by atoms with Crippen LogP contribution in [0.1, 0.15) is 31.7 Å². The molecule has 0 spiro atoms. The lowest BCUT2D eigenvalue weighted by Crippen LogP contribution is -2.32. The van der Waals surface area contributed by atoms with Crippen LogP contribution < -0.4 is 4.57 Å². The van der Waals surface area contributed by atoms with E-state index in [1.807, 2.05) is 24.5 Å². The zero-order valence-corrected chi connectivity index (χ0v) is 11.6. The molecular weight excluding hydrogens is 228 g/mol. The number of nitrogens with zero attached hydrogens (tertiary/aromatic N) is 2. The number of hydrogen-bond acceptors (Lipinski definition) is 2. The average molecular weight is 251 g/mol. The molecule has 0 unspecified atom stereocenters. The summed E-state index contributed by atoms with van der Waals surface area (Å²) in [5.74, 6) is 0. The van der Waals surface area contributed by atoms with E-state index in [1.54, 1.807) is 14.1 Å². The second-order valence-corrected chi connectivity index (χ2v) is 4.60. The third kappa shape index (κ3) is 5.17. The third-order valence-electron chi connectivity index (χ3n) is 2.71. The highest BCUT2D eigenvalue weighted by molar-refractivity contribution is 5.66. The van der Waals surface area contributed by atoms with Gasteiger partial charge in [-0.3, -0.25) is 0 Å². The summed E-state index contributed by atoms with van der Waals surface area (Å²) in [4.78, 5) is 12.7. The van der Waals surface area contributed by atoms with Crippen molar-refractivity contribution in [3.05, 3.63) is 30.1 Å². The van der Waals surface area contributed by atoms with Crippen LogP contribution in [-0.2, 0) is 17.9 Å². The topological polar surface area (TPSA) is 33.4 Å². The number of unbranched alkanes of at least 4 members (excludes halogenated alkanes) is 2. The largest absolute Gasteiger partial charge is 0.445 e. The molecule has 0 radical (unpaired) electrons. The molecule has 4 heteroatoms. The fourth-order valence-electron chi connectivity index (χ4n) is 1.55. The predicted molar refractivity (Wildman–Crippen MR) is 70.0 cm³/mol. The molecule has 0 aliphatic carbocycles. The molecule has 0 aromatic carbocycles. The molecule has 0 atom stereocenters. The summed E-state index contributed by atoms with van der Waals surface area (Å²) in [7, 11) is 3.35. The minimum atomic E-state index is -0.310. The van der Waals surface area contributed by atoms with Gasteiger partial charge in [0.05, 0.1) is 0 Å². The van der Waals surface area contributed by atoms with E-state index in [0.717, 1.165) is 12.1 Å². The highest BCUT2D eigenvalue weighted by Gasteiger charge is 2.06. The van der Waals surface area contributed by atoms with Crippen molar-refractivity contribution in [3.63, 3.8) is 0 Å². The van der Waals surface area contributed by atoms with Gasteiger partial charge in [0.2, 0.25) is 0 Å².